The van der Waals surface area contributed by atoms with Crippen molar-refractivity contribution in [3.8, 4) is 11.5 Å². The minimum Gasteiger partial charge on any atom is -0.493 e. The highest BCUT2D eigenvalue weighted by Gasteiger charge is 2.15. The topological polar surface area (TPSA) is 76.7 Å². The number of amides is 2. The Kier molecular flexibility index (Phi) is 8.10. The maximum absolute atomic E-state index is 12.6. The Morgan fingerprint density at radius 2 is 1.79 bits per heavy atom. The van der Waals surface area contributed by atoms with Crippen LogP contribution in [0.3, 0.4) is 0 Å². The summed E-state index contributed by atoms with van der Waals surface area (Å²) in [6, 6.07) is 10.9. The molecule has 1 atom stereocenters. The van der Waals surface area contributed by atoms with Gasteiger partial charge in [0.05, 0.1) is 19.8 Å². The van der Waals surface area contributed by atoms with E-state index in [2.05, 4.69) is 33.2 Å². The van der Waals surface area contributed by atoms with Gasteiger partial charge in [-0.05, 0) is 58.8 Å². The quantitative estimate of drug-likeness (QED) is 0.537. The highest BCUT2D eigenvalue weighted by molar-refractivity contribution is 14.1. The van der Waals surface area contributed by atoms with Crippen molar-refractivity contribution in [1.82, 2.24) is 5.32 Å². The monoisotopic (exact) mass is 496 g/mol. The van der Waals surface area contributed by atoms with Crippen molar-refractivity contribution in [1.29, 1.82) is 0 Å². The van der Waals surface area contributed by atoms with Gasteiger partial charge in [-0.1, -0.05) is 26.0 Å². The number of anilines is 1. The van der Waals surface area contributed by atoms with E-state index in [0.29, 0.717) is 23.6 Å². The van der Waals surface area contributed by atoms with E-state index in [0.717, 1.165) is 21.2 Å². The second kappa shape index (κ2) is 10.3. The van der Waals surface area contributed by atoms with Gasteiger partial charge in [-0.2, -0.15) is 0 Å². The van der Waals surface area contributed by atoms with Crippen LogP contribution in [0.15, 0.2) is 36.4 Å². The van der Waals surface area contributed by atoms with Crippen LogP contribution in [0.1, 0.15) is 36.2 Å². The summed E-state index contributed by atoms with van der Waals surface area (Å²) in [7, 11) is 3.09. The summed E-state index contributed by atoms with van der Waals surface area (Å²) in [5, 5.41) is 5.81. The minimum atomic E-state index is -0.209. The summed E-state index contributed by atoms with van der Waals surface area (Å²) in [6.45, 7) is 4.21. The summed E-state index contributed by atoms with van der Waals surface area (Å²) in [4.78, 5) is 24.7. The van der Waals surface area contributed by atoms with E-state index < -0.39 is 0 Å². The number of methoxy groups -OCH3 is 2. The molecule has 0 aliphatic rings. The zero-order valence-corrected chi connectivity index (χ0v) is 18.6. The zero-order valence-electron chi connectivity index (χ0n) is 16.5. The largest absolute Gasteiger partial charge is 0.493 e. The van der Waals surface area contributed by atoms with Crippen LogP contribution in [0.2, 0.25) is 0 Å². The van der Waals surface area contributed by atoms with Crippen LogP contribution < -0.4 is 20.1 Å². The highest BCUT2D eigenvalue weighted by Crippen LogP contribution is 2.31. The van der Waals surface area contributed by atoms with E-state index >= 15 is 0 Å². The Bertz CT molecular complexity index is 854. The molecule has 0 heterocycles. The molecule has 0 saturated heterocycles. The number of hydrogen-bond acceptors (Lipinski definition) is 4. The average molecular weight is 496 g/mol. The molecular formula is C21H25IN2O4. The first-order valence-corrected chi connectivity index (χ1v) is 10.1. The van der Waals surface area contributed by atoms with Crippen LogP contribution in [0.25, 0.3) is 0 Å². The third-order valence-electron chi connectivity index (χ3n) is 4.43. The molecule has 0 aliphatic heterocycles. The fourth-order valence-corrected chi connectivity index (χ4v) is 3.20. The Labute approximate surface area is 179 Å². The number of carbonyl (C=O) groups is 2. The van der Waals surface area contributed by atoms with Gasteiger partial charge < -0.3 is 20.1 Å². The number of halogens is 1. The molecule has 2 rings (SSSR count). The van der Waals surface area contributed by atoms with Gasteiger partial charge >= 0.3 is 0 Å². The minimum absolute atomic E-state index is 0.0106. The third kappa shape index (κ3) is 5.60. The standard InChI is InChI=1S/C21H25IN2O4/c1-5-13(2)20(25)24-15-8-6-7-14(9-15)12-23-21(26)16-10-18(27-3)19(28-4)11-17(16)22/h6-11,13H,5,12H2,1-4H3,(H,23,26)(H,24,25). The lowest BCUT2D eigenvalue weighted by atomic mass is 10.1. The van der Waals surface area contributed by atoms with Gasteiger partial charge in [0.15, 0.2) is 11.5 Å². The predicted molar refractivity (Wildman–Crippen MR) is 118 cm³/mol. The number of nitrogens with one attached hydrogen (secondary N) is 2. The van der Waals surface area contributed by atoms with Crippen LogP contribution in [0.4, 0.5) is 5.69 Å². The van der Waals surface area contributed by atoms with Crippen molar-refractivity contribution in [2.45, 2.75) is 26.8 Å². The first-order valence-electron chi connectivity index (χ1n) is 8.99. The Hall–Kier alpha value is -2.29. The molecule has 0 aromatic heterocycles. The van der Waals surface area contributed by atoms with Crippen molar-refractivity contribution >= 4 is 40.1 Å². The molecule has 6 nitrogen and oxygen atoms in total. The van der Waals surface area contributed by atoms with Gasteiger partial charge in [-0.25, -0.2) is 0 Å². The lowest BCUT2D eigenvalue weighted by Crippen LogP contribution is -2.24. The summed E-state index contributed by atoms with van der Waals surface area (Å²) in [6.07, 6.45) is 0.783. The molecule has 1 unspecified atom stereocenters. The number of hydrogen-bond donors (Lipinski definition) is 2. The SMILES string of the molecule is CCC(C)C(=O)Nc1cccc(CNC(=O)c2cc(OC)c(OC)cc2I)c1. The zero-order chi connectivity index (χ0) is 20.7. The molecule has 7 heteroatoms. The molecule has 2 amide bonds. The molecule has 2 N–H and O–H groups in total. The van der Waals surface area contributed by atoms with Crippen LogP contribution in [-0.4, -0.2) is 26.0 Å². The summed E-state index contributed by atoms with van der Waals surface area (Å²) < 4.78 is 11.3. The second-order valence-electron chi connectivity index (χ2n) is 6.37. The lowest BCUT2D eigenvalue weighted by molar-refractivity contribution is -0.119. The van der Waals surface area contributed by atoms with E-state index in [1.54, 1.807) is 19.2 Å². The normalized spacial score (nSPS) is 11.5. The highest BCUT2D eigenvalue weighted by atomic mass is 127. The number of carbonyl (C=O) groups excluding carboxylic acids is 2. The maximum atomic E-state index is 12.6. The molecule has 0 fully saturated rings. The Morgan fingerprint density at radius 3 is 2.43 bits per heavy atom. The molecule has 0 aliphatic carbocycles. The number of benzene rings is 2. The van der Waals surface area contributed by atoms with Gasteiger partial charge in [-0.3, -0.25) is 9.59 Å². The van der Waals surface area contributed by atoms with Crippen molar-refractivity contribution in [3.63, 3.8) is 0 Å². The fourth-order valence-electron chi connectivity index (χ4n) is 2.52. The molecule has 0 saturated carbocycles. The van der Waals surface area contributed by atoms with Gasteiger partial charge in [0.1, 0.15) is 0 Å². The molecule has 2 aromatic carbocycles. The third-order valence-corrected chi connectivity index (χ3v) is 5.32. The Morgan fingerprint density at radius 1 is 1.11 bits per heavy atom. The fraction of sp³-hybridized carbons (Fsp3) is 0.333. The summed E-state index contributed by atoms with van der Waals surface area (Å²) >= 11 is 2.10. The lowest BCUT2D eigenvalue weighted by Gasteiger charge is -2.13. The van der Waals surface area contributed by atoms with Crippen LogP contribution >= 0.6 is 22.6 Å². The number of rotatable bonds is 8. The molecule has 0 spiro atoms. The van der Waals surface area contributed by atoms with Gasteiger partial charge in [0.25, 0.3) is 5.91 Å². The molecule has 0 radical (unpaired) electrons. The van der Waals surface area contributed by atoms with Crippen LogP contribution in [-0.2, 0) is 11.3 Å². The second-order valence-corrected chi connectivity index (χ2v) is 7.53. The molecule has 2 aromatic rings. The van der Waals surface area contributed by atoms with Crippen LogP contribution in [0, 0.1) is 9.49 Å². The predicted octanol–water partition coefficient (Wildman–Crippen LogP) is 4.22. The van der Waals surface area contributed by atoms with E-state index in [9.17, 15) is 9.59 Å². The van der Waals surface area contributed by atoms with Crippen LogP contribution in [0.5, 0.6) is 11.5 Å². The smallest absolute Gasteiger partial charge is 0.252 e. The average Bonchev–Trinajstić information content (AvgIpc) is 2.71. The van der Waals surface area contributed by atoms with Crippen molar-refractivity contribution in [2.75, 3.05) is 19.5 Å². The van der Waals surface area contributed by atoms with E-state index in [1.807, 2.05) is 38.1 Å². The summed E-state index contributed by atoms with van der Waals surface area (Å²) in [5.74, 6) is 0.814. The van der Waals surface area contributed by atoms with Crippen molar-refractivity contribution < 1.29 is 19.1 Å². The molecule has 0 bridgehead atoms. The molecular weight excluding hydrogens is 471 g/mol. The first-order chi connectivity index (χ1) is 13.4. The van der Waals surface area contributed by atoms with Crippen molar-refractivity contribution in [2.24, 2.45) is 5.92 Å². The van der Waals surface area contributed by atoms with Gasteiger partial charge in [0.2, 0.25) is 5.91 Å². The molecule has 28 heavy (non-hydrogen) atoms. The van der Waals surface area contributed by atoms with E-state index in [4.69, 9.17) is 9.47 Å². The van der Waals surface area contributed by atoms with E-state index in [-0.39, 0.29) is 17.7 Å². The Balaban J connectivity index is 2.07. The molecule has 150 valence electrons. The number of ether oxygens (including phenoxy) is 2. The van der Waals surface area contributed by atoms with E-state index in [1.165, 1.54) is 7.11 Å². The van der Waals surface area contributed by atoms with Crippen molar-refractivity contribution in [3.05, 3.63) is 51.1 Å². The first kappa shape index (κ1) is 22.0. The summed E-state index contributed by atoms with van der Waals surface area (Å²) in [5.41, 5.74) is 2.13. The maximum Gasteiger partial charge on any atom is 0.252 e. The van der Waals surface area contributed by atoms with Gasteiger partial charge in [-0.15, -0.1) is 0 Å². The van der Waals surface area contributed by atoms with Gasteiger partial charge in [0, 0.05) is 21.7 Å².